The van der Waals surface area contributed by atoms with Gasteiger partial charge in [0, 0.05) is 6.10 Å². The van der Waals surface area contributed by atoms with Crippen molar-refractivity contribution in [2.24, 2.45) is 46.3 Å². The molecule has 0 amide bonds. The molecule has 0 radical (unpaired) electrons. The van der Waals surface area contributed by atoms with E-state index in [-0.39, 0.29) is 16.6 Å². The number of rotatable bonds is 15. The van der Waals surface area contributed by atoms with Gasteiger partial charge in [-0.15, -0.1) is 0 Å². The van der Waals surface area contributed by atoms with E-state index in [1.165, 1.54) is 95.2 Å². The van der Waals surface area contributed by atoms with E-state index >= 15 is 0 Å². The van der Waals surface area contributed by atoms with Gasteiger partial charge in [0.2, 0.25) is 0 Å². The van der Waals surface area contributed by atoms with Gasteiger partial charge in [-0.1, -0.05) is 54.9 Å². The molecule has 0 N–H and O–H groups in total. The quantitative estimate of drug-likeness (QED) is 0.159. The molecule has 276 valence electrons. The summed E-state index contributed by atoms with van der Waals surface area (Å²) in [5.74, 6) is 4.64. The van der Waals surface area contributed by atoms with E-state index in [1.807, 2.05) is 0 Å². The largest absolute Gasteiger partial charge is 0.414 e. The molecule has 3 nitrogen and oxygen atoms in total. The minimum absolute atomic E-state index is 0.0225. The monoisotopic (exact) mass is 707 g/mol. The zero-order chi connectivity index (χ0) is 35.3. The summed E-state index contributed by atoms with van der Waals surface area (Å²) in [5, 5.41) is 0. The number of fused-ring (bicyclic) bond motifs is 5. The first kappa shape index (κ1) is 40.3. The van der Waals surface area contributed by atoms with Gasteiger partial charge >= 0.3 is 0 Å². The third-order valence-electron chi connectivity index (χ3n) is 16.1. The zero-order valence-electron chi connectivity index (χ0n) is 34.4. The Morgan fingerprint density at radius 2 is 1.34 bits per heavy atom. The predicted octanol–water partition coefficient (Wildman–Crippen LogP) is 13.1. The van der Waals surface area contributed by atoms with Crippen LogP contribution in [0.5, 0.6) is 0 Å². The fourth-order valence-electron chi connectivity index (χ4n) is 12.1. The van der Waals surface area contributed by atoms with Crippen molar-refractivity contribution in [1.82, 2.24) is 0 Å². The highest BCUT2D eigenvalue weighted by Gasteiger charge is 2.67. The summed E-state index contributed by atoms with van der Waals surface area (Å²) in [4.78, 5) is 0. The van der Waals surface area contributed by atoms with Crippen LogP contribution in [0.15, 0.2) is 0 Å². The molecule has 0 aromatic heterocycles. The molecule has 4 saturated carbocycles. The van der Waals surface area contributed by atoms with E-state index in [0.29, 0.717) is 23.4 Å². The van der Waals surface area contributed by atoms with Gasteiger partial charge in [-0.05, 0) is 188 Å². The van der Waals surface area contributed by atoms with E-state index < -0.39 is 25.0 Å². The lowest BCUT2D eigenvalue weighted by atomic mass is 9.44. The highest BCUT2D eigenvalue weighted by atomic mass is 28.4. The first-order valence-corrected chi connectivity index (χ1v) is 30.1. The van der Waals surface area contributed by atoms with E-state index in [2.05, 4.69) is 102 Å². The highest BCUT2D eigenvalue weighted by molar-refractivity contribution is 6.71. The molecular formula is C41H82O3Si3. The van der Waals surface area contributed by atoms with Crippen LogP contribution in [0, 0.1) is 46.3 Å². The summed E-state index contributed by atoms with van der Waals surface area (Å²) >= 11 is 0. The van der Waals surface area contributed by atoms with Crippen LogP contribution in [0.25, 0.3) is 0 Å². The SMILES string of the molecule is CC[C@H](CCC(C)[C@@]1(O[Si](C)(C)CC)CCC2C3CC[C@H]4C[C@@H](O[Si](C)(C)CC)CCC4(C)C3CCC21C)C(C)(C)O[Si](C)(C)CC. The lowest BCUT2D eigenvalue weighted by Crippen LogP contribution is -2.61. The first-order chi connectivity index (χ1) is 21.6. The first-order valence-electron chi connectivity index (χ1n) is 20.7. The molecule has 0 bridgehead atoms. The minimum atomic E-state index is -1.79. The van der Waals surface area contributed by atoms with Gasteiger partial charge < -0.3 is 13.3 Å². The Hall–Kier alpha value is 0.531. The summed E-state index contributed by atoms with van der Waals surface area (Å²) in [6.45, 7) is 37.1. The highest BCUT2D eigenvalue weighted by Crippen LogP contribution is 2.71. The average molecular weight is 707 g/mol. The van der Waals surface area contributed by atoms with Gasteiger partial charge in [0.1, 0.15) is 0 Å². The van der Waals surface area contributed by atoms with E-state index in [0.717, 1.165) is 23.7 Å². The molecule has 6 unspecified atom stereocenters. The molecule has 0 saturated heterocycles. The van der Waals surface area contributed by atoms with Gasteiger partial charge in [-0.3, -0.25) is 0 Å². The third-order valence-corrected chi connectivity index (χ3v) is 24.1. The van der Waals surface area contributed by atoms with Crippen molar-refractivity contribution in [1.29, 1.82) is 0 Å². The summed E-state index contributed by atoms with van der Waals surface area (Å²) in [7, 11) is -4.94. The summed E-state index contributed by atoms with van der Waals surface area (Å²) < 4.78 is 21.6. The van der Waals surface area contributed by atoms with Crippen molar-refractivity contribution in [3.05, 3.63) is 0 Å². The van der Waals surface area contributed by atoms with E-state index in [1.54, 1.807) is 0 Å². The van der Waals surface area contributed by atoms with Crippen molar-refractivity contribution in [2.45, 2.75) is 214 Å². The Labute approximate surface area is 297 Å². The van der Waals surface area contributed by atoms with Crippen LogP contribution in [0.2, 0.25) is 57.4 Å². The topological polar surface area (TPSA) is 27.7 Å². The van der Waals surface area contributed by atoms with E-state index in [9.17, 15) is 0 Å². The maximum absolute atomic E-state index is 7.80. The number of hydrogen-bond acceptors (Lipinski definition) is 3. The standard InChI is InChI=1S/C41H82O3Si3/c1-16-32(38(6,7)43-46(12,13)18-3)21-20-31(5)41(44-47(14,15)19-4)29-26-37-35-23-22-33-30-34(42-45(10,11)17-2)24-27-39(33,8)36(35)25-28-40(37,41)9/h31-37H,16-30H2,1-15H3/t31?,32-,33+,34+,35?,36?,37?,39?,40?,41+/m1/s1. The Bertz CT molecular complexity index is 1040. The summed E-state index contributed by atoms with van der Waals surface area (Å²) in [6, 6.07) is 3.63. The Morgan fingerprint density at radius 3 is 1.94 bits per heavy atom. The Morgan fingerprint density at radius 1 is 0.723 bits per heavy atom. The average Bonchev–Trinajstić information content (AvgIpc) is 3.29. The molecule has 0 aromatic rings. The van der Waals surface area contributed by atoms with Crippen LogP contribution in [0.4, 0.5) is 0 Å². The van der Waals surface area contributed by atoms with Crippen molar-refractivity contribution in [2.75, 3.05) is 0 Å². The predicted molar refractivity (Wildman–Crippen MR) is 212 cm³/mol. The van der Waals surface area contributed by atoms with Crippen LogP contribution in [-0.4, -0.2) is 42.3 Å². The van der Waals surface area contributed by atoms with Crippen molar-refractivity contribution in [3.63, 3.8) is 0 Å². The molecule has 4 aliphatic rings. The van der Waals surface area contributed by atoms with Crippen LogP contribution in [0.1, 0.15) is 139 Å². The minimum Gasteiger partial charge on any atom is -0.414 e. The summed E-state index contributed by atoms with van der Waals surface area (Å²) in [5.41, 5.74) is 0.762. The maximum Gasteiger partial charge on any atom is 0.187 e. The molecule has 0 aromatic carbocycles. The van der Waals surface area contributed by atoms with Gasteiger partial charge in [-0.25, -0.2) is 0 Å². The Balaban J connectivity index is 1.56. The zero-order valence-corrected chi connectivity index (χ0v) is 37.4. The molecule has 4 fully saturated rings. The van der Waals surface area contributed by atoms with Crippen LogP contribution in [0.3, 0.4) is 0 Å². The fraction of sp³-hybridized carbons (Fsp3) is 1.00. The summed E-state index contributed by atoms with van der Waals surface area (Å²) in [6.07, 6.45) is 16.6. The second kappa shape index (κ2) is 14.5. The molecule has 0 spiro atoms. The van der Waals surface area contributed by atoms with Gasteiger partial charge in [0.15, 0.2) is 25.0 Å². The van der Waals surface area contributed by atoms with Crippen LogP contribution < -0.4 is 0 Å². The number of hydrogen-bond donors (Lipinski definition) is 0. The third kappa shape index (κ3) is 7.98. The maximum atomic E-state index is 7.80. The molecule has 10 atom stereocenters. The normalized spacial score (nSPS) is 38.0. The molecule has 6 heteroatoms. The lowest BCUT2D eigenvalue weighted by molar-refractivity contribution is -0.167. The second-order valence-electron chi connectivity index (χ2n) is 20.3. The van der Waals surface area contributed by atoms with E-state index in [4.69, 9.17) is 13.3 Å². The second-order valence-corrected chi connectivity index (χ2v) is 33.6. The fourth-order valence-corrected chi connectivity index (χ4v) is 16.8. The van der Waals surface area contributed by atoms with Crippen molar-refractivity contribution in [3.8, 4) is 0 Å². The molecule has 4 aliphatic carbocycles. The van der Waals surface area contributed by atoms with Crippen LogP contribution >= 0.6 is 0 Å². The molecule has 0 heterocycles. The molecular weight excluding hydrogens is 625 g/mol. The van der Waals surface area contributed by atoms with Gasteiger partial charge in [0.05, 0.1) is 11.2 Å². The molecule has 0 aliphatic heterocycles. The van der Waals surface area contributed by atoms with Crippen molar-refractivity contribution >= 4 is 25.0 Å². The van der Waals surface area contributed by atoms with Gasteiger partial charge in [-0.2, -0.15) is 0 Å². The smallest absolute Gasteiger partial charge is 0.187 e. The molecule has 47 heavy (non-hydrogen) atoms. The lowest BCUT2D eigenvalue weighted by Gasteiger charge is -2.63. The van der Waals surface area contributed by atoms with Crippen LogP contribution in [-0.2, 0) is 13.3 Å². The Kier molecular flexibility index (Phi) is 12.4. The van der Waals surface area contributed by atoms with Gasteiger partial charge in [0.25, 0.3) is 0 Å². The van der Waals surface area contributed by atoms with Crippen molar-refractivity contribution < 1.29 is 13.3 Å². The molecule has 4 rings (SSSR count).